The van der Waals surface area contributed by atoms with Crippen molar-refractivity contribution in [3.05, 3.63) is 71.8 Å². The molecule has 1 fully saturated rings. The summed E-state index contributed by atoms with van der Waals surface area (Å²) in [7, 11) is 1.76. The summed E-state index contributed by atoms with van der Waals surface area (Å²) in [4.78, 5) is 21.8. The van der Waals surface area contributed by atoms with Crippen molar-refractivity contribution in [2.75, 3.05) is 40.3 Å². The molecular weight excluding hydrogens is 628 g/mol. The summed E-state index contributed by atoms with van der Waals surface area (Å²) in [6.07, 6.45) is 8.95. The molecule has 11 heteroatoms. The van der Waals surface area contributed by atoms with Gasteiger partial charge in [-0.3, -0.25) is 4.79 Å². The van der Waals surface area contributed by atoms with Crippen LogP contribution in [-0.4, -0.2) is 83.9 Å². The van der Waals surface area contributed by atoms with Crippen LogP contribution in [0.25, 0.3) is 0 Å². The zero-order valence-corrected chi connectivity index (χ0v) is 28.4. The first-order chi connectivity index (χ1) is 23.9. The summed E-state index contributed by atoms with van der Waals surface area (Å²) in [5.41, 5.74) is 2.97. The lowest BCUT2D eigenvalue weighted by molar-refractivity contribution is -0.252. The highest BCUT2D eigenvalue weighted by Crippen LogP contribution is 2.61. The minimum absolute atomic E-state index is 0.0807. The number of aromatic hydroxyl groups is 1. The number of aliphatic hydroxyl groups is 2. The topological polar surface area (TPSA) is 140 Å². The fraction of sp³-hybridized carbons (Fsp3) is 0.526. The molecule has 0 radical (unpaired) electrons. The summed E-state index contributed by atoms with van der Waals surface area (Å²) in [5, 5.41) is 34.9. The molecule has 2 aromatic rings. The van der Waals surface area contributed by atoms with Crippen LogP contribution in [-0.2, 0) is 9.57 Å². The quantitative estimate of drug-likeness (QED) is 0.126. The van der Waals surface area contributed by atoms with Crippen molar-refractivity contribution in [3.8, 4) is 23.0 Å². The largest absolute Gasteiger partial charge is 0.508 e. The van der Waals surface area contributed by atoms with E-state index in [1.54, 1.807) is 54.4 Å². The fourth-order valence-electron chi connectivity index (χ4n) is 8.25. The second-order valence-corrected chi connectivity index (χ2v) is 13.2. The average molecular weight is 677 g/mol. The van der Waals surface area contributed by atoms with Crippen molar-refractivity contribution in [2.45, 2.75) is 69.6 Å². The van der Waals surface area contributed by atoms with Gasteiger partial charge in [0.15, 0.2) is 11.5 Å². The van der Waals surface area contributed by atoms with Crippen LogP contribution < -0.4 is 14.2 Å². The molecule has 49 heavy (non-hydrogen) atoms. The number of allylic oxidation sites excluding steroid dienone is 1. The Morgan fingerprint density at radius 3 is 2.57 bits per heavy atom. The van der Waals surface area contributed by atoms with E-state index in [4.69, 9.17) is 23.8 Å². The SMILES string of the molecule is C=CCO[C@@]12Oc3ccc(O)cc3[C@H]3[C@H](CCCCO)[C@@H](CCCCO)C=C(C(=NOCC)C[C@@H]1N(C)C(=O)c1ccc4c(c1)OCO4)[C@H]32. The van der Waals surface area contributed by atoms with Crippen LogP contribution in [0.2, 0.25) is 0 Å². The van der Waals surface area contributed by atoms with E-state index in [-0.39, 0.29) is 56.0 Å². The van der Waals surface area contributed by atoms with Gasteiger partial charge in [0, 0.05) is 43.7 Å². The van der Waals surface area contributed by atoms with E-state index in [1.165, 1.54) is 0 Å². The molecule has 2 heterocycles. The van der Waals surface area contributed by atoms with Crippen LogP contribution in [0.15, 0.2) is 65.9 Å². The smallest absolute Gasteiger partial charge is 0.254 e. The van der Waals surface area contributed by atoms with Gasteiger partial charge in [-0.2, -0.15) is 0 Å². The normalized spacial score (nSPS) is 27.1. The van der Waals surface area contributed by atoms with Crippen LogP contribution in [0.5, 0.6) is 23.0 Å². The second-order valence-electron chi connectivity index (χ2n) is 13.2. The predicted octanol–water partition coefficient (Wildman–Crippen LogP) is 5.55. The van der Waals surface area contributed by atoms with Crippen molar-refractivity contribution >= 4 is 11.6 Å². The van der Waals surface area contributed by atoms with Crippen molar-refractivity contribution in [1.29, 1.82) is 0 Å². The zero-order chi connectivity index (χ0) is 34.5. The Morgan fingerprint density at radius 2 is 1.82 bits per heavy atom. The average Bonchev–Trinajstić information content (AvgIpc) is 3.59. The number of carbonyl (C=O) groups excluding carboxylic acids is 1. The molecule has 0 bridgehead atoms. The van der Waals surface area contributed by atoms with E-state index < -0.39 is 17.7 Å². The molecule has 4 aliphatic rings. The minimum atomic E-state index is -1.36. The molecular formula is C38H48N2O9. The standard InChI is InChI=1S/C38H48N2O9/c1-4-18-47-38-34(40(3)37(44)25-12-14-32-33(20-25)46-23-45-32)22-30(39-48-5-2)28-19-24(10-6-8-16-41)27(11-7-9-17-42)35(36(28)38)29-21-26(43)13-15-31(29)49-38/h4,12-15,19-21,24,27,34-36,41-43H,1,5-11,16-18,22-23H2,2-3H3/t24-,27+,34-,35+,36+,38+/m0/s1. The van der Waals surface area contributed by atoms with Crippen LogP contribution in [0, 0.1) is 17.8 Å². The molecule has 2 aromatic carbocycles. The number of benzene rings is 2. The summed E-state index contributed by atoms with van der Waals surface area (Å²) in [5.74, 6) is -0.211. The number of phenolic OH excluding ortho intramolecular Hbond substituents is 1. The summed E-state index contributed by atoms with van der Waals surface area (Å²) >= 11 is 0. The first kappa shape index (κ1) is 34.8. The van der Waals surface area contributed by atoms with Crippen molar-refractivity contribution in [2.24, 2.45) is 22.9 Å². The molecule has 6 atom stereocenters. The number of amides is 1. The third-order valence-corrected chi connectivity index (χ3v) is 10.4. The number of likely N-dealkylation sites (N-methyl/N-ethyl adjacent to an activating group) is 1. The molecule has 0 saturated heterocycles. The molecule has 6 rings (SSSR count). The van der Waals surface area contributed by atoms with Gasteiger partial charge in [-0.25, -0.2) is 0 Å². The van der Waals surface area contributed by atoms with Gasteiger partial charge in [-0.1, -0.05) is 30.1 Å². The van der Waals surface area contributed by atoms with Gasteiger partial charge in [0.1, 0.15) is 24.1 Å². The monoisotopic (exact) mass is 676 g/mol. The molecule has 2 aliphatic carbocycles. The Balaban J connectivity index is 1.53. The Labute approximate surface area is 287 Å². The van der Waals surface area contributed by atoms with Gasteiger partial charge in [0.25, 0.3) is 5.91 Å². The maximum Gasteiger partial charge on any atom is 0.254 e. The third-order valence-electron chi connectivity index (χ3n) is 10.4. The molecule has 2 aliphatic heterocycles. The highest BCUT2D eigenvalue weighted by atomic mass is 16.7. The van der Waals surface area contributed by atoms with Gasteiger partial charge in [0.2, 0.25) is 12.6 Å². The van der Waals surface area contributed by atoms with Crippen molar-refractivity contribution in [3.63, 3.8) is 0 Å². The number of oxime groups is 1. The Bertz CT molecular complexity index is 1570. The number of unbranched alkanes of at least 4 members (excludes halogenated alkanes) is 2. The number of hydrogen-bond donors (Lipinski definition) is 3. The first-order valence-electron chi connectivity index (χ1n) is 17.4. The Kier molecular flexibility index (Phi) is 10.8. The van der Waals surface area contributed by atoms with Crippen LogP contribution in [0.3, 0.4) is 0 Å². The number of phenols is 1. The van der Waals surface area contributed by atoms with Gasteiger partial charge in [0.05, 0.1) is 18.2 Å². The molecule has 264 valence electrons. The number of fused-ring (bicyclic) bond motifs is 3. The third kappa shape index (κ3) is 6.63. The number of rotatable bonds is 15. The lowest BCUT2D eigenvalue weighted by Gasteiger charge is -2.59. The van der Waals surface area contributed by atoms with E-state index in [0.29, 0.717) is 48.7 Å². The van der Waals surface area contributed by atoms with Crippen LogP contribution in [0.4, 0.5) is 0 Å². The van der Waals surface area contributed by atoms with E-state index in [2.05, 4.69) is 17.8 Å². The molecule has 1 saturated carbocycles. The molecule has 0 spiro atoms. The first-order valence-corrected chi connectivity index (χ1v) is 17.4. The van der Waals surface area contributed by atoms with Gasteiger partial charge < -0.3 is 44.0 Å². The highest BCUT2D eigenvalue weighted by Gasteiger charge is 2.65. The number of carbonyl (C=O) groups is 1. The minimum Gasteiger partial charge on any atom is -0.508 e. The van der Waals surface area contributed by atoms with Crippen molar-refractivity contribution in [1.82, 2.24) is 4.90 Å². The fourth-order valence-corrected chi connectivity index (χ4v) is 8.25. The lowest BCUT2D eigenvalue weighted by Crippen LogP contribution is -2.69. The van der Waals surface area contributed by atoms with E-state index in [0.717, 1.165) is 42.5 Å². The highest BCUT2D eigenvalue weighted by molar-refractivity contribution is 6.03. The molecule has 3 N–H and O–H groups in total. The number of ether oxygens (including phenoxy) is 4. The maximum absolute atomic E-state index is 14.4. The lowest BCUT2D eigenvalue weighted by atomic mass is 9.55. The predicted molar refractivity (Wildman–Crippen MR) is 183 cm³/mol. The number of nitrogens with zero attached hydrogens (tertiary/aromatic N) is 2. The summed E-state index contributed by atoms with van der Waals surface area (Å²) < 4.78 is 25.0. The van der Waals surface area contributed by atoms with Gasteiger partial charge in [-0.05, 0) is 86.4 Å². The Hall–Kier alpha value is -4.06. The summed E-state index contributed by atoms with van der Waals surface area (Å²) in [6.45, 7) is 6.69. The molecule has 11 nitrogen and oxygen atoms in total. The van der Waals surface area contributed by atoms with E-state index in [1.807, 2.05) is 6.92 Å². The second kappa shape index (κ2) is 15.2. The van der Waals surface area contributed by atoms with E-state index in [9.17, 15) is 20.1 Å². The van der Waals surface area contributed by atoms with E-state index >= 15 is 0 Å². The van der Waals surface area contributed by atoms with Crippen LogP contribution in [0.1, 0.15) is 73.7 Å². The number of hydrogen-bond acceptors (Lipinski definition) is 10. The number of aliphatic hydroxyl groups excluding tert-OH is 2. The van der Waals surface area contributed by atoms with Crippen molar-refractivity contribution < 1.29 is 43.9 Å². The molecule has 1 amide bonds. The molecule has 0 aromatic heterocycles. The Morgan fingerprint density at radius 1 is 1.06 bits per heavy atom. The van der Waals surface area contributed by atoms with Crippen LogP contribution >= 0.6 is 0 Å². The zero-order valence-electron chi connectivity index (χ0n) is 28.4. The summed E-state index contributed by atoms with van der Waals surface area (Å²) in [6, 6.07) is 9.69. The molecule has 0 unspecified atom stereocenters. The van der Waals surface area contributed by atoms with Gasteiger partial charge >= 0.3 is 0 Å². The maximum atomic E-state index is 14.4. The van der Waals surface area contributed by atoms with Gasteiger partial charge in [-0.15, -0.1) is 6.58 Å².